The molecular formula is C11H14N2O6S. The molecule has 0 radical (unpaired) electrons. The van der Waals surface area contributed by atoms with E-state index in [1.54, 1.807) is 4.90 Å². The first kappa shape index (κ1) is 14.5. The van der Waals surface area contributed by atoms with Gasteiger partial charge in [-0.25, -0.2) is 4.79 Å². The van der Waals surface area contributed by atoms with Gasteiger partial charge in [0, 0.05) is 0 Å². The smallest absolute Gasteiger partial charge is 0.360 e. The zero-order valence-corrected chi connectivity index (χ0v) is 11.6. The minimum atomic E-state index is -3.47. The van der Waals surface area contributed by atoms with Crippen molar-refractivity contribution in [1.82, 2.24) is 4.98 Å². The van der Waals surface area contributed by atoms with E-state index >= 15 is 0 Å². The number of hydrogen-bond acceptors (Lipinski definition) is 8. The van der Waals surface area contributed by atoms with Gasteiger partial charge < -0.3 is 14.1 Å². The fourth-order valence-corrected chi connectivity index (χ4v) is 2.23. The molecule has 0 bridgehead atoms. The maximum absolute atomic E-state index is 11.5. The molecule has 1 saturated heterocycles. The highest BCUT2D eigenvalue weighted by Crippen LogP contribution is 2.22. The number of carbonyl (C=O) groups is 1. The first-order valence-electron chi connectivity index (χ1n) is 5.76. The predicted molar refractivity (Wildman–Crippen MR) is 68.9 cm³/mol. The lowest BCUT2D eigenvalue weighted by molar-refractivity contribution is 0.0543. The lowest BCUT2D eigenvalue weighted by atomic mass is 10.2. The standard InChI is InChI=1S/C11H14N2O6S/c1-3-4-17-10(14)9-7-18-11(12-9)13-5-8(6-13)19-20(2,15)16/h3,7-8H,1,4-6H2,2H3. The summed E-state index contributed by atoms with van der Waals surface area (Å²) in [5.74, 6) is -0.607. The summed E-state index contributed by atoms with van der Waals surface area (Å²) in [5, 5.41) is 0. The van der Waals surface area contributed by atoms with Crippen molar-refractivity contribution in [1.29, 1.82) is 0 Å². The number of esters is 1. The second kappa shape index (κ2) is 5.63. The van der Waals surface area contributed by atoms with Gasteiger partial charge in [0.1, 0.15) is 19.0 Å². The maximum Gasteiger partial charge on any atom is 0.360 e. The molecular weight excluding hydrogens is 288 g/mol. The molecule has 1 fully saturated rings. The van der Waals surface area contributed by atoms with Crippen molar-refractivity contribution in [2.45, 2.75) is 6.10 Å². The molecule has 1 aromatic heterocycles. The van der Waals surface area contributed by atoms with Crippen molar-refractivity contribution >= 4 is 22.1 Å². The van der Waals surface area contributed by atoms with Crippen LogP contribution in [-0.2, 0) is 19.0 Å². The largest absolute Gasteiger partial charge is 0.457 e. The van der Waals surface area contributed by atoms with E-state index < -0.39 is 22.2 Å². The fourth-order valence-electron chi connectivity index (χ4n) is 1.61. The van der Waals surface area contributed by atoms with E-state index in [4.69, 9.17) is 13.3 Å². The number of rotatable bonds is 6. The molecule has 0 amide bonds. The monoisotopic (exact) mass is 302 g/mol. The average Bonchev–Trinajstić information content (AvgIpc) is 2.78. The summed E-state index contributed by atoms with van der Waals surface area (Å²) in [6, 6.07) is 0.226. The number of hydrogen-bond donors (Lipinski definition) is 0. The first-order valence-corrected chi connectivity index (χ1v) is 7.57. The highest BCUT2D eigenvalue weighted by Gasteiger charge is 2.33. The molecule has 1 aliphatic heterocycles. The summed E-state index contributed by atoms with van der Waals surface area (Å²) < 4.78 is 36.6. The predicted octanol–water partition coefficient (Wildman–Crippen LogP) is 0.182. The van der Waals surface area contributed by atoms with E-state index in [1.807, 2.05) is 0 Å². The number of carbonyl (C=O) groups excluding carboxylic acids is 1. The Hall–Kier alpha value is -1.87. The maximum atomic E-state index is 11.5. The lowest BCUT2D eigenvalue weighted by Crippen LogP contribution is -2.53. The Morgan fingerprint density at radius 2 is 2.35 bits per heavy atom. The van der Waals surface area contributed by atoms with Crippen molar-refractivity contribution in [3.63, 3.8) is 0 Å². The molecule has 0 saturated carbocycles. The Labute approximate surface area is 116 Å². The molecule has 110 valence electrons. The quantitative estimate of drug-likeness (QED) is 0.417. The van der Waals surface area contributed by atoms with Crippen LogP contribution in [0.4, 0.5) is 6.01 Å². The van der Waals surface area contributed by atoms with Crippen LogP contribution in [0.3, 0.4) is 0 Å². The zero-order valence-electron chi connectivity index (χ0n) is 10.8. The van der Waals surface area contributed by atoms with Gasteiger partial charge in [-0.05, 0) is 0 Å². The number of aromatic nitrogens is 1. The average molecular weight is 302 g/mol. The second-order valence-electron chi connectivity index (χ2n) is 4.23. The molecule has 0 aliphatic carbocycles. The summed E-state index contributed by atoms with van der Waals surface area (Å²) in [6.45, 7) is 4.18. The first-order chi connectivity index (χ1) is 9.39. The van der Waals surface area contributed by atoms with Crippen molar-refractivity contribution < 1.29 is 26.5 Å². The van der Waals surface area contributed by atoms with E-state index in [9.17, 15) is 13.2 Å². The Morgan fingerprint density at radius 1 is 1.65 bits per heavy atom. The van der Waals surface area contributed by atoms with Crippen LogP contribution in [0.15, 0.2) is 23.3 Å². The van der Waals surface area contributed by atoms with Crippen LogP contribution in [-0.4, -0.2) is 51.4 Å². The van der Waals surface area contributed by atoms with Gasteiger partial charge in [-0.1, -0.05) is 12.7 Å². The fraction of sp³-hybridized carbons (Fsp3) is 0.455. The highest BCUT2D eigenvalue weighted by atomic mass is 32.2. The molecule has 0 atom stereocenters. The number of nitrogens with zero attached hydrogens (tertiary/aromatic N) is 2. The SMILES string of the molecule is C=CCOC(=O)c1coc(N2CC(OS(C)(=O)=O)C2)n1. The molecule has 9 heteroatoms. The van der Waals surface area contributed by atoms with Crippen LogP contribution in [0.2, 0.25) is 0 Å². The normalized spacial score (nSPS) is 15.8. The molecule has 0 N–H and O–H groups in total. The molecule has 0 aromatic carbocycles. The topological polar surface area (TPSA) is 98.9 Å². The van der Waals surface area contributed by atoms with Crippen molar-refractivity contribution in [3.8, 4) is 0 Å². The van der Waals surface area contributed by atoms with E-state index in [1.165, 1.54) is 12.3 Å². The Bertz CT molecular complexity index is 602. The summed E-state index contributed by atoms with van der Waals surface area (Å²) >= 11 is 0. The molecule has 2 heterocycles. The molecule has 8 nitrogen and oxygen atoms in total. The van der Waals surface area contributed by atoms with Crippen LogP contribution in [0, 0.1) is 0 Å². The Morgan fingerprint density at radius 3 is 2.95 bits per heavy atom. The third-order valence-electron chi connectivity index (χ3n) is 2.46. The second-order valence-corrected chi connectivity index (χ2v) is 5.83. The molecule has 1 aliphatic rings. The molecule has 20 heavy (non-hydrogen) atoms. The van der Waals surface area contributed by atoms with E-state index in [2.05, 4.69) is 11.6 Å². The van der Waals surface area contributed by atoms with Crippen LogP contribution in [0.5, 0.6) is 0 Å². The van der Waals surface area contributed by atoms with Gasteiger partial charge in [0.2, 0.25) is 0 Å². The highest BCUT2D eigenvalue weighted by molar-refractivity contribution is 7.86. The van der Waals surface area contributed by atoms with Crippen LogP contribution < -0.4 is 4.90 Å². The van der Waals surface area contributed by atoms with Crippen molar-refractivity contribution in [2.75, 3.05) is 30.9 Å². The van der Waals surface area contributed by atoms with Gasteiger partial charge in [0.15, 0.2) is 5.69 Å². The van der Waals surface area contributed by atoms with Gasteiger partial charge in [-0.2, -0.15) is 13.4 Å². The minimum Gasteiger partial charge on any atom is -0.457 e. The molecule has 2 rings (SSSR count). The van der Waals surface area contributed by atoms with Gasteiger partial charge in [-0.15, -0.1) is 0 Å². The molecule has 1 aromatic rings. The van der Waals surface area contributed by atoms with Crippen molar-refractivity contribution in [3.05, 3.63) is 24.6 Å². The third kappa shape index (κ3) is 3.58. The Kier molecular flexibility index (Phi) is 4.09. The van der Waals surface area contributed by atoms with Crippen LogP contribution >= 0.6 is 0 Å². The lowest BCUT2D eigenvalue weighted by Gasteiger charge is -2.36. The van der Waals surface area contributed by atoms with Crippen molar-refractivity contribution in [2.24, 2.45) is 0 Å². The van der Waals surface area contributed by atoms with E-state index in [0.29, 0.717) is 13.1 Å². The minimum absolute atomic E-state index is 0.0503. The summed E-state index contributed by atoms with van der Waals surface area (Å²) in [4.78, 5) is 17.1. The molecule has 0 unspecified atom stereocenters. The van der Waals surface area contributed by atoms with E-state index in [-0.39, 0.29) is 18.3 Å². The summed E-state index contributed by atoms with van der Waals surface area (Å²) in [5.41, 5.74) is 0.0503. The van der Waals surface area contributed by atoms with Gasteiger partial charge in [0.25, 0.3) is 16.1 Å². The number of oxazole rings is 1. The summed E-state index contributed by atoms with van der Waals surface area (Å²) in [6.07, 6.45) is 3.20. The van der Waals surface area contributed by atoms with E-state index in [0.717, 1.165) is 6.26 Å². The zero-order chi connectivity index (χ0) is 14.8. The van der Waals surface area contributed by atoms with Gasteiger partial charge in [-0.3, -0.25) is 4.18 Å². The molecule has 0 spiro atoms. The number of ether oxygens (including phenoxy) is 1. The van der Waals surface area contributed by atoms with Gasteiger partial charge >= 0.3 is 5.97 Å². The van der Waals surface area contributed by atoms with Crippen LogP contribution in [0.1, 0.15) is 10.5 Å². The number of anilines is 1. The van der Waals surface area contributed by atoms with Crippen LogP contribution in [0.25, 0.3) is 0 Å². The Balaban J connectivity index is 1.88. The summed E-state index contributed by atoms with van der Waals surface area (Å²) in [7, 11) is -3.47. The van der Waals surface area contributed by atoms with Gasteiger partial charge in [0.05, 0.1) is 19.3 Å². The third-order valence-corrected chi connectivity index (χ3v) is 3.08.